The van der Waals surface area contributed by atoms with Gasteiger partial charge in [0, 0.05) is 33.1 Å². The number of hydrogen-bond acceptors (Lipinski definition) is 3. The number of nitrogens with zero attached hydrogens (tertiary/aromatic N) is 2. The number of halogens is 1. The number of benzene rings is 4. The van der Waals surface area contributed by atoms with E-state index in [0.717, 1.165) is 39.9 Å². The van der Waals surface area contributed by atoms with Crippen molar-refractivity contribution in [3.05, 3.63) is 130 Å². The van der Waals surface area contributed by atoms with Gasteiger partial charge >= 0.3 is 0 Å². The summed E-state index contributed by atoms with van der Waals surface area (Å²) in [6, 6.07) is 33.1. The Morgan fingerprint density at radius 3 is 2.32 bits per heavy atom. The number of thiophene rings is 1. The summed E-state index contributed by atoms with van der Waals surface area (Å²) in [6.45, 7) is 4.21. The molecule has 2 heterocycles. The molecule has 2 atom stereocenters. The first-order chi connectivity index (χ1) is 20.0. The molecule has 0 fully saturated rings. The second kappa shape index (κ2) is 11.5. The first kappa shape index (κ1) is 27.3. The van der Waals surface area contributed by atoms with Crippen molar-refractivity contribution in [3.63, 3.8) is 0 Å². The van der Waals surface area contributed by atoms with E-state index < -0.39 is 0 Å². The normalized spacial score (nSPS) is 16.4. The lowest BCUT2D eigenvalue weighted by atomic mass is 9.89. The molecular weight excluding hydrogens is 548 g/mol. The minimum Gasteiger partial charge on any atom is -0.305 e. The van der Waals surface area contributed by atoms with Gasteiger partial charge in [-0.25, -0.2) is 0 Å². The zero-order chi connectivity index (χ0) is 28.5. The second-order valence-corrected chi connectivity index (χ2v) is 12.0. The molecule has 0 unspecified atom stereocenters. The molecule has 1 aliphatic heterocycles. The van der Waals surface area contributed by atoms with Crippen LogP contribution in [-0.2, 0) is 6.42 Å². The number of fused-ring (bicyclic) bond motifs is 2. The molecule has 1 aliphatic rings. The van der Waals surface area contributed by atoms with Gasteiger partial charge in [-0.1, -0.05) is 91.7 Å². The molecule has 0 saturated carbocycles. The Morgan fingerprint density at radius 2 is 1.59 bits per heavy atom. The number of amides is 2. The van der Waals surface area contributed by atoms with Crippen LogP contribution in [-0.4, -0.2) is 17.9 Å². The SMILES string of the molecule is CCCc1ccc(C(=O)N2c3ccccc3[C@H](N(C(=O)c3sc4ccccc4c3Cl)c3ccccc3)C[C@@H]2C)cc1. The van der Waals surface area contributed by atoms with E-state index in [0.29, 0.717) is 21.9 Å². The van der Waals surface area contributed by atoms with Gasteiger partial charge < -0.3 is 4.90 Å². The summed E-state index contributed by atoms with van der Waals surface area (Å²) in [5, 5.41) is 1.37. The number of carbonyl (C=O) groups is 2. The number of para-hydroxylation sites is 2. The van der Waals surface area contributed by atoms with Crippen LogP contribution in [0, 0.1) is 0 Å². The third kappa shape index (κ3) is 5.05. The topological polar surface area (TPSA) is 40.6 Å². The van der Waals surface area contributed by atoms with Crippen molar-refractivity contribution in [1.29, 1.82) is 0 Å². The minimum atomic E-state index is -0.284. The van der Waals surface area contributed by atoms with E-state index in [4.69, 9.17) is 11.6 Å². The van der Waals surface area contributed by atoms with Gasteiger partial charge in [-0.15, -0.1) is 11.3 Å². The molecular formula is C35H31ClN2O2S. The van der Waals surface area contributed by atoms with Crippen molar-refractivity contribution in [1.82, 2.24) is 0 Å². The highest BCUT2D eigenvalue weighted by Crippen LogP contribution is 2.45. The third-order valence-electron chi connectivity index (χ3n) is 7.81. The highest BCUT2D eigenvalue weighted by molar-refractivity contribution is 7.21. The fraction of sp³-hybridized carbons (Fsp3) is 0.200. The zero-order valence-electron chi connectivity index (χ0n) is 23.1. The number of rotatable bonds is 6. The van der Waals surface area contributed by atoms with E-state index in [1.54, 1.807) is 0 Å². The summed E-state index contributed by atoms with van der Waals surface area (Å²) in [6.07, 6.45) is 2.64. The molecule has 206 valence electrons. The quantitative estimate of drug-likeness (QED) is 0.201. The smallest absolute Gasteiger partial charge is 0.270 e. The summed E-state index contributed by atoms with van der Waals surface area (Å²) < 4.78 is 0.980. The largest absolute Gasteiger partial charge is 0.305 e. The molecule has 6 rings (SSSR count). The zero-order valence-corrected chi connectivity index (χ0v) is 24.7. The lowest BCUT2D eigenvalue weighted by molar-refractivity contribution is 0.0967. The summed E-state index contributed by atoms with van der Waals surface area (Å²) >= 11 is 8.25. The van der Waals surface area contributed by atoms with Crippen LogP contribution in [0.1, 0.15) is 63.9 Å². The highest BCUT2D eigenvalue weighted by atomic mass is 35.5. The molecule has 0 spiro atoms. The highest BCUT2D eigenvalue weighted by Gasteiger charge is 2.40. The molecule has 5 aromatic rings. The van der Waals surface area contributed by atoms with E-state index in [1.807, 2.05) is 113 Å². The van der Waals surface area contributed by atoms with Crippen molar-refractivity contribution in [2.24, 2.45) is 0 Å². The fourth-order valence-corrected chi connectivity index (χ4v) is 7.31. The van der Waals surface area contributed by atoms with Gasteiger partial charge in [0.2, 0.25) is 0 Å². The Balaban J connectivity index is 1.43. The van der Waals surface area contributed by atoms with Crippen LogP contribution in [0.5, 0.6) is 0 Å². The van der Waals surface area contributed by atoms with Gasteiger partial charge in [-0.2, -0.15) is 0 Å². The lowest BCUT2D eigenvalue weighted by Crippen LogP contribution is -2.47. The molecule has 6 heteroatoms. The van der Waals surface area contributed by atoms with Crippen LogP contribution in [0.15, 0.2) is 103 Å². The van der Waals surface area contributed by atoms with Gasteiger partial charge in [0.1, 0.15) is 4.88 Å². The average molecular weight is 579 g/mol. The van der Waals surface area contributed by atoms with E-state index in [2.05, 4.69) is 13.8 Å². The Labute approximate surface area is 249 Å². The lowest BCUT2D eigenvalue weighted by Gasteiger charge is -2.43. The molecule has 41 heavy (non-hydrogen) atoms. The maximum absolute atomic E-state index is 14.4. The summed E-state index contributed by atoms with van der Waals surface area (Å²) in [7, 11) is 0. The maximum atomic E-state index is 14.4. The van der Waals surface area contributed by atoms with E-state index in [-0.39, 0.29) is 23.9 Å². The molecule has 1 aromatic heterocycles. The van der Waals surface area contributed by atoms with Crippen LogP contribution in [0.4, 0.5) is 11.4 Å². The van der Waals surface area contributed by atoms with Crippen LogP contribution >= 0.6 is 22.9 Å². The van der Waals surface area contributed by atoms with Crippen LogP contribution in [0.2, 0.25) is 5.02 Å². The van der Waals surface area contributed by atoms with E-state index in [9.17, 15) is 9.59 Å². The number of anilines is 2. The second-order valence-electron chi connectivity index (χ2n) is 10.5. The van der Waals surface area contributed by atoms with Crippen molar-refractivity contribution in [2.45, 2.75) is 45.2 Å². The van der Waals surface area contributed by atoms with Gasteiger partial charge in [-0.3, -0.25) is 14.5 Å². The van der Waals surface area contributed by atoms with Crippen LogP contribution < -0.4 is 9.80 Å². The molecule has 2 amide bonds. The molecule has 0 N–H and O–H groups in total. The minimum absolute atomic E-state index is 0.0309. The first-order valence-corrected chi connectivity index (χ1v) is 15.2. The van der Waals surface area contributed by atoms with Gasteiger partial charge in [0.05, 0.1) is 11.1 Å². The molecule has 0 radical (unpaired) electrons. The Hall–Kier alpha value is -3.93. The Bertz CT molecular complexity index is 1710. The Kier molecular flexibility index (Phi) is 7.65. The van der Waals surface area contributed by atoms with Crippen molar-refractivity contribution < 1.29 is 9.59 Å². The number of hydrogen-bond donors (Lipinski definition) is 0. The van der Waals surface area contributed by atoms with Crippen LogP contribution in [0.25, 0.3) is 10.1 Å². The van der Waals surface area contributed by atoms with Crippen molar-refractivity contribution >= 4 is 56.2 Å². The van der Waals surface area contributed by atoms with E-state index in [1.165, 1.54) is 16.9 Å². The van der Waals surface area contributed by atoms with Gasteiger partial charge in [0.15, 0.2) is 0 Å². The standard InChI is InChI=1S/C35H31ClN2O2S/c1-3-11-24-18-20-25(21-19-24)34(39)37-23(2)22-30(27-14-7-9-16-29(27)37)38(26-12-5-4-6-13-26)35(40)33-32(36)28-15-8-10-17-31(28)41-33/h4-10,12-21,23,30H,3,11,22H2,1-2H3/t23-,30+/m0/s1. The molecule has 4 aromatic carbocycles. The van der Waals surface area contributed by atoms with Crippen molar-refractivity contribution in [3.8, 4) is 0 Å². The average Bonchev–Trinajstić information content (AvgIpc) is 3.34. The summed E-state index contributed by atoms with van der Waals surface area (Å²) in [5.74, 6) is -0.169. The fourth-order valence-electron chi connectivity index (χ4n) is 5.87. The third-order valence-corrected chi connectivity index (χ3v) is 9.48. The number of carbonyl (C=O) groups excluding carboxylic acids is 2. The summed E-state index contributed by atoms with van der Waals surface area (Å²) in [4.78, 5) is 32.6. The summed E-state index contributed by atoms with van der Waals surface area (Å²) in [5.41, 5.74) is 4.46. The van der Waals surface area contributed by atoms with Crippen LogP contribution in [0.3, 0.4) is 0 Å². The predicted octanol–water partition coefficient (Wildman–Crippen LogP) is 9.33. The van der Waals surface area contributed by atoms with Gasteiger partial charge in [-0.05, 0) is 67.3 Å². The predicted molar refractivity (Wildman–Crippen MR) is 171 cm³/mol. The Morgan fingerprint density at radius 1 is 0.902 bits per heavy atom. The molecule has 0 bridgehead atoms. The molecule has 0 aliphatic carbocycles. The first-order valence-electron chi connectivity index (χ1n) is 14.0. The molecule has 0 saturated heterocycles. The number of aryl methyl sites for hydroxylation is 1. The van der Waals surface area contributed by atoms with Crippen molar-refractivity contribution in [2.75, 3.05) is 9.80 Å². The molecule has 4 nitrogen and oxygen atoms in total. The van der Waals surface area contributed by atoms with Gasteiger partial charge in [0.25, 0.3) is 11.8 Å². The maximum Gasteiger partial charge on any atom is 0.270 e. The monoisotopic (exact) mass is 578 g/mol. The van der Waals surface area contributed by atoms with E-state index >= 15 is 0 Å².